The Morgan fingerprint density at radius 2 is 1.18 bits per heavy atom. The van der Waals surface area contributed by atoms with Crippen LogP contribution in [0.1, 0.15) is 5.56 Å². The minimum Gasteiger partial charge on any atom is -0.371 e. The molecule has 2 nitrogen and oxygen atoms in total. The van der Waals surface area contributed by atoms with Crippen LogP contribution in [0, 0.1) is 0 Å². The molecule has 0 unspecified atom stereocenters. The second kappa shape index (κ2) is 10.1. The third-order valence-corrected chi connectivity index (χ3v) is 10.0. The van der Waals surface area contributed by atoms with Gasteiger partial charge >= 0.3 is 0 Å². The zero-order chi connectivity index (χ0) is 29.0. The van der Waals surface area contributed by atoms with Gasteiger partial charge in [-0.1, -0.05) is 109 Å². The molecule has 8 aromatic rings. The molecule has 0 amide bonds. The molecule has 1 aliphatic rings. The molecule has 0 bridgehead atoms. The highest BCUT2D eigenvalue weighted by Gasteiger charge is 2.21. The summed E-state index contributed by atoms with van der Waals surface area (Å²) in [4.78, 5) is 2.38. The molecule has 0 saturated heterocycles. The minimum absolute atomic E-state index is 0.768. The van der Waals surface area contributed by atoms with Gasteiger partial charge in [-0.15, -0.1) is 11.3 Å². The molecule has 0 radical (unpaired) electrons. The van der Waals surface area contributed by atoms with E-state index in [9.17, 15) is 0 Å². The molecular weight excluding hydrogens is 553 g/mol. The van der Waals surface area contributed by atoms with Crippen molar-refractivity contribution in [2.45, 2.75) is 0 Å². The van der Waals surface area contributed by atoms with Crippen molar-refractivity contribution in [1.82, 2.24) is 0 Å². The zero-order valence-electron chi connectivity index (χ0n) is 24.0. The summed E-state index contributed by atoms with van der Waals surface area (Å²) in [6, 6.07) is 52.9. The lowest BCUT2D eigenvalue weighted by molar-refractivity contribution is 1.09. The summed E-state index contributed by atoms with van der Waals surface area (Å²) in [7, 11) is 0. The van der Waals surface area contributed by atoms with Crippen molar-refractivity contribution in [3.05, 3.63) is 157 Å². The van der Waals surface area contributed by atoms with Crippen molar-refractivity contribution >= 4 is 76.2 Å². The third-order valence-electron chi connectivity index (χ3n) is 8.86. The third kappa shape index (κ3) is 4.09. The van der Waals surface area contributed by atoms with Crippen molar-refractivity contribution < 1.29 is 0 Å². The Bertz CT molecular complexity index is 2380. The van der Waals surface area contributed by atoms with Crippen LogP contribution in [0.25, 0.3) is 59.6 Å². The van der Waals surface area contributed by atoms with Crippen molar-refractivity contribution in [3.8, 4) is 11.1 Å². The summed E-state index contributed by atoms with van der Waals surface area (Å²) in [5.41, 5.74) is 7.24. The lowest BCUT2D eigenvalue weighted by Gasteiger charge is -2.30. The second-order valence-corrected chi connectivity index (χ2v) is 12.5. The van der Waals surface area contributed by atoms with Gasteiger partial charge in [-0.3, -0.25) is 0 Å². The van der Waals surface area contributed by atoms with Crippen LogP contribution in [0.2, 0.25) is 0 Å². The number of benzene rings is 7. The van der Waals surface area contributed by atoms with Crippen molar-refractivity contribution in [2.75, 3.05) is 16.8 Å². The van der Waals surface area contributed by atoms with E-state index in [1.54, 1.807) is 0 Å². The highest BCUT2D eigenvalue weighted by atomic mass is 32.1. The molecule has 3 heteroatoms. The van der Waals surface area contributed by atoms with Gasteiger partial charge in [0.2, 0.25) is 0 Å². The number of thiophene rings is 1. The summed E-state index contributed by atoms with van der Waals surface area (Å²) in [6.07, 6.45) is 2.36. The van der Waals surface area contributed by atoms with Crippen LogP contribution in [-0.2, 0) is 0 Å². The largest absolute Gasteiger partial charge is 0.371 e. The molecule has 9 rings (SSSR count). The first-order valence-corrected chi connectivity index (χ1v) is 15.9. The summed E-state index contributed by atoms with van der Waals surface area (Å²) in [5, 5.41) is 14.0. The van der Waals surface area contributed by atoms with Crippen molar-refractivity contribution in [1.29, 1.82) is 0 Å². The Balaban J connectivity index is 1.12. The van der Waals surface area contributed by atoms with Crippen LogP contribution in [0.3, 0.4) is 0 Å². The van der Waals surface area contributed by atoms with E-state index in [0.717, 1.165) is 17.9 Å². The van der Waals surface area contributed by atoms with Crippen LogP contribution in [0.4, 0.5) is 16.4 Å². The maximum absolute atomic E-state index is 3.71. The summed E-state index contributed by atoms with van der Waals surface area (Å²) < 4.78 is 1.31. The smallest absolute Gasteiger partial charge is 0.0972 e. The van der Waals surface area contributed by atoms with Gasteiger partial charge in [0, 0.05) is 32.7 Å². The fourth-order valence-electron chi connectivity index (χ4n) is 6.75. The summed E-state index contributed by atoms with van der Waals surface area (Å²) >= 11 is 1.83. The fraction of sp³-hybridized carbons (Fsp3) is 0.0244. The molecule has 208 valence electrons. The molecule has 1 aromatic heterocycles. The molecule has 1 N–H and O–H groups in total. The number of hydrogen-bond donors (Lipinski definition) is 1. The van der Waals surface area contributed by atoms with E-state index in [0.29, 0.717) is 0 Å². The molecule has 2 heterocycles. The predicted octanol–water partition coefficient (Wildman–Crippen LogP) is 11.6. The molecule has 0 atom stereocenters. The molecule has 44 heavy (non-hydrogen) atoms. The van der Waals surface area contributed by atoms with Gasteiger partial charge in [0.05, 0.1) is 11.5 Å². The van der Waals surface area contributed by atoms with E-state index in [1.807, 2.05) is 11.3 Å². The van der Waals surface area contributed by atoms with Gasteiger partial charge in [0.1, 0.15) is 0 Å². The van der Waals surface area contributed by atoms with E-state index in [-0.39, 0.29) is 0 Å². The number of hydrogen-bond acceptors (Lipinski definition) is 3. The molecule has 0 aliphatic carbocycles. The fourth-order valence-corrected chi connectivity index (χ4v) is 7.83. The average molecular weight is 581 g/mol. The Morgan fingerprint density at radius 1 is 0.523 bits per heavy atom. The van der Waals surface area contributed by atoms with E-state index in [1.165, 1.54) is 69.8 Å². The number of fused-ring (bicyclic) bond motifs is 8. The highest BCUT2D eigenvalue weighted by Crippen LogP contribution is 2.42. The maximum Gasteiger partial charge on any atom is 0.0972 e. The van der Waals surface area contributed by atoms with Crippen molar-refractivity contribution in [3.63, 3.8) is 0 Å². The molecular formula is C41H28N2S. The lowest BCUT2D eigenvalue weighted by Crippen LogP contribution is -2.24. The molecule has 0 spiro atoms. The molecule has 0 fully saturated rings. The van der Waals surface area contributed by atoms with Crippen LogP contribution in [0.15, 0.2) is 151 Å². The van der Waals surface area contributed by atoms with E-state index >= 15 is 0 Å². The van der Waals surface area contributed by atoms with Gasteiger partial charge in [-0.05, 0) is 85.9 Å². The normalized spacial score (nSPS) is 12.8. The number of nitrogens with one attached hydrogen (secondary N) is 1. The number of nitrogens with zero attached hydrogens (tertiary/aromatic N) is 1. The predicted molar refractivity (Wildman–Crippen MR) is 191 cm³/mol. The average Bonchev–Trinajstić information content (AvgIpc) is 3.47. The van der Waals surface area contributed by atoms with Gasteiger partial charge in [-0.2, -0.15) is 0 Å². The Morgan fingerprint density at radius 3 is 2.05 bits per heavy atom. The first-order chi connectivity index (χ1) is 21.8. The molecule has 0 saturated carbocycles. The van der Waals surface area contributed by atoms with Crippen LogP contribution >= 0.6 is 11.3 Å². The van der Waals surface area contributed by atoms with E-state index in [2.05, 4.69) is 162 Å². The van der Waals surface area contributed by atoms with Gasteiger partial charge in [-0.25, -0.2) is 0 Å². The number of anilines is 3. The zero-order valence-corrected chi connectivity index (χ0v) is 24.8. The second-order valence-electron chi connectivity index (χ2n) is 11.4. The Labute approximate surface area is 260 Å². The Hall–Kier alpha value is -5.38. The van der Waals surface area contributed by atoms with Crippen LogP contribution in [-0.4, -0.2) is 6.54 Å². The topological polar surface area (TPSA) is 15.3 Å². The number of rotatable bonds is 4. The maximum atomic E-state index is 3.71. The lowest BCUT2D eigenvalue weighted by atomic mass is 9.94. The monoisotopic (exact) mass is 580 g/mol. The SMILES string of the molecule is C1=C(N(c2ccccc2)c2ccc(-c3ccc4c(ccc5ccc6ccccc6c54)c3)cc2)CNc2sc3ccccc3c21. The summed E-state index contributed by atoms with van der Waals surface area (Å²) in [5.74, 6) is 0. The van der Waals surface area contributed by atoms with Crippen LogP contribution < -0.4 is 10.2 Å². The summed E-state index contributed by atoms with van der Waals surface area (Å²) in [6.45, 7) is 0.768. The van der Waals surface area contributed by atoms with Gasteiger partial charge in [0.25, 0.3) is 0 Å². The van der Waals surface area contributed by atoms with Crippen LogP contribution in [0.5, 0.6) is 0 Å². The van der Waals surface area contributed by atoms with E-state index < -0.39 is 0 Å². The highest BCUT2D eigenvalue weighted by molar-refractivity contribution is 7.23. The van der Waals surface area contributed by atoms with Crippen molar-refractivity contribution in [2.24, 2.45) is 0 Å². The van der Waals surface area contributed by atoms with E-state index in [4.69, 9.17) is 0 Å². The van der Waals surface area contributed by atoms with Gasteiger partial charge < -0.3 is 10.2 Å². The minimum atomic E-state index is 0.768. The number of para-hydroxylation sites is 1. The molecule has 7 aromatic carbocycles. The molecule has 1 aliphatic heterocycles. The van der Waals surface area contributed by atoms with Gasteiger partial charge in [0.15, 0.2) is 0 Å². The first-order valence-electron chi connectivity index (χ1n) is 15.1. The Kier molecular flexibility index (Phi) is 5.78. The standard InChI is InChI=1S/C41H28N2S/c1-2-9-32(10-3-1)43(34-25-38-37-12-6-7-13-39(37)44-41(38)42-26-34)33-21-18-27(19-22-33)30-20-23-36-31(24-30)17-16-29-15-14-28-8-4-5-11-35(28)40(29)36/h1-25,42H,26H2. The quantitative estimate of drug-likeness (QED) is 0.208. The first kappa shape index (κ1) is 25.1.